The van der Waals surface area contributed by atoms with E-state index in [4.69, 9.17) is 32.7 Å². The predicted octanol–water partition coefficient (Wildman–Crippen LogP) is 3.51. The number of carbonyl (C=O) groups is 1. The topological polar surface area (TPSA) is 54.9 Å². The largest absolute Gasteiger partial charge is 0.490 e. The van der Waals surface area contributed by atoms with Crippen molar-refractivity contribution in [2.24, 2.45) is 0 Å². The smallest absolute Gasteiger partial charge is 0.410 e. The molecule has 1 aromatic rings. The standard InChI is InChI=1S/C17H23Cl2N3O3/c1-10-13(18)14-12(15(19)20-10)8-21-5-6-22(7-11(21)9-24-14)16(23)25-17(2,3)4/h11H,5-9H2,1-4H3. The minimum absolute atomic E-state index is 0.0566. The lowest BCUT2D eigenvalue weighted by Gasteiger charge is -2.40. The summed E-state index contributed by atoms with van der Waals surface area (Å²) in [6.45, 7) is 10.3. The molecule has 0 aromatic carbocycles. The highest BCUT2D eigenvalue weighted by Crippen LogP contribution is 2.38. The van der Waals surface area contributed by atoms with Gasteiger partial charge in [-0.15, -0.1) is 0 Å². The zero-order chi connectivity index (χ0) is 18.4. The van der Waals surface area contributed by atoms with Crippen LogP contribution in [-0.4, -0.2) is 58.8 Å². The Morgan fingerprint density at radius 3 is 2.72 bits per heavy atom. The molecule has 2 aliphatic rings. The first-order valence-electron chi connectivity index (χ1n) is 8.35. The van der Waals surface area contributed by atoms with Gasteiger partial charge in [0, 0.05) is 31.7 Å². The maximum Gasteiger partial charge on any atom is 0.410 e. The van der Waals surface area contributed by atoms with Crippen LogP contribution < -0.4 is 4.74 Å². The van der Waals surface area contributed by atoms with Gasteiger partial charge in [0.1, 0.15) is 28.1 Å². The number of nitrogens with zero attached hydrogens (tertiary/aromatic N) is 3. The van der Waals surface area contributed by atoms with Gasteiger partial charge in [-0.2, -0.15) is 0 Å². The fraction of sp³-hybridized carbons (Fsp3) is 0.647. The second kappa shape index (κ2) is 6.82. The van der Waals surface area contributed by atoms with Crippen LogP contribution >= 0.6 is 23.2 Å². The Hall–Kier alpha value is -1.24. The van der Waals surface area contributed by atoms with Crippen LogP contribution in [0, 0.1) is 6.92 Å². The number of carbonyl (C=O) groups excluding carboxylic acids is 1. The van der Waals surface area contributed by atoms with Gasteiger partial charge in [0.2, 0.25) is 0 Å². The van der Waals surface area contributed by atoms with Gasteiger partial charge in [0.05, 0.1) is 11.7 Å². The zero-order valence-corrected chi connectivity index (χ0v) is 16.4. The van der Waals surface area contributed by atoms with Crippen molar-refractivity contribution in [3.8, 4) is 5.75 Å². The van der Waals surface area contributed by atoms with Crippen LogP contribution in [0.1, 0.15) is 32.0 Å². The summed E-state index contributed by atoms with van der Waals surface area (Å²) in [7, 11) is 0. The maximum atomic E-state index is 12.3. The summed E-state index contributed by atoms with van der Waals surface area (Å²) in [5, 5.41) is 0.926. The lowest BCUT2D eigenvalue weighted by molar-refractivity contribution is -0.00154. The third-order valence-electron chi connectivity index (χ3n) is 4.34. The highest BCUT2D eigenvalue weighted by molar-refractivity contribution is 6.34. The van der Waals surface area contributed by atoms with Crippen LogP contribution in [0.25, 0.3) is 0 Å². The minimum Gasteiger partial charge on any atom is -0.490 e. The zero-order valence-electron chi connectivity index (χ0n) is 14.9. The highest BCUT2D eigenvalue weighted by atomic mass is 35.5. The molecule has 0 N–H and O–H groups in total. The van der Waals surface area contributed by atoms with E-state index < -0.39 is 5.60 Å². The summed E-state index contributed by atoms with van der Waals surface area (Å²) < 4.78 is 11.4. The number of piperazine rings is 1. The quantitative estimate of drug-likeness (QED) is 0.637. The summed E-state index contributed by atoms with van der Waals surface area (Å²) in [5.74, 6) is 0.609. The number of hydrogen-bond donors (Lipinski definition) is 0. The molecule has 0 bridgehead atoms. The molecule has 1 saturated heterocycles. The average Bonchev–Trinajstić information content (AvgIpc) is 2.70. The monoisotopic (exact) mass is 387 g/mol. The lowest BCUT2D eigenvalue weighted by Crippen LogP contribution is -2.56. The molecule has 1 fully saturated rings. The summed E-state index contributed by atoms with van der Waals surface area (Å²) in [4.78, 5) is 20.6. The first kappa shape index (κ1) is 18.5. The van der Waals surface area contributed by atoms with Crippen LogP contribution in [0.3, 0.4) is 0 Å². The van der Waals surface area contributed by atoms with Crippen LogP contribution in [0.5, 0.6) is 5.75 Å². The van der Waals surface area contributed by atoms with E-state index in [1.54, 1.807) is 11.8 Å². The van der Waals surface area contributed by atoms with Gasteiger partial charge in [-0.1, -0.05) is 23.2 Å². The van der Waals surface area contributed by atoms with Crippen LogP contribution in [0.4, 0.5) is 4.79 Å². The minimum atomic E-state index is -0.505. The fourth-order valence-electron chi connectivity index (χ4n) is 3.08. The third kappa shape index (κ3) is 3.96. The molecule has 0 radical (unpaired) electrons. The first-order chi connectivity index (χ1) is 11.7. The van der Waals surface area contributed by atoms with E-state index in [1.165, 1.54) is 0 Å². The average molecular weight is 388 g/mol. The number of pyridine rings is 1. The molecule has 8 heteroatoms. The number of fused-ring (bicyclic) bond motifs is 2. The van der Waals surface area contributed by atoms with Crippen molar-refractivity contribution in [2.45, 2.75) is 45.9 Å². The maximum absolute atomic E-state index is 12.3. The molecule has 2 aliphatic heterocycles. The lowest BCUT2D eigenvalue weighted by atomic mass is 10.1. The summed E-state index contributed by atoms with van der Waals surface area (Å²) in [5.41, 5.74) is 0.959. The second-order valence-corrected chi connectivity index (χ2v) is 8.21. The van der Waals surface area contributed by atoms with Gasteiger partial charge in [-0.3, -0.25) is 4.90 Å². The molecule has 1 aromatic heterocycles. The molecular formula is C17H23Cl2N3O3. The molecule has 3 heterocycles. The molecular weight excluding hydrogens is 365 g/mol. The predicted molar refractivity (Wildman–Crippen MR) is 96.5 cm³/mol. The Labute approximate surface area is 158 Å². The Balaban J connectivity index is 1.76. The summed E-state index contributed by atoms with van der Waals surface area (Å²) >= 11 is 12.7. The van der Waals surface area contributed by atoms with Crippen molar-refractivity contribution in [3.63, 3.8) is 0 Å². The highest BCUT2D eigenvalue weighted by Gasteiger charge is 2.35. The number of halogens is 2. The molecule has 138 valence electrons. The molecule has 3 rings (SSSR count). The Bertz CT molecular complexity index is 691. The first-order valence-corrected chi connectivity index (χ1v) is 9.10. The molecule has 0 aliphatic carbocycles. The number of amides is 1. The van der Waals surface area contributed by atoms with Crippen LogP contribution in [0.15, 0.2) is 0 Å². The van der Waals surface area contributed by atoms with Crippen molar-refractivity contribution in [3.05, 3.63) is 21.4 Å². The van der Waals surface area contributed by atoms with E-state index in [1.807, 2.05) is 20.8 Å². The molecule has 0 spiro atoms. The van der Waals surface area contributed by atoms with Crippen molar-refractivity contribution in [2.75, 3.05) is 26.2 Å². The SMILES string of the molecule is Cc1nc(Cl)c2c(c1Cl)OCC1CN(C(=O)OC(C)(C)C)CCN1C2. The molecule has 1 amide bonds. The van der Waals surface area contributed by atoms with Gasteiger partial charge >= 0.3 is 6.09 Å². The van der Waals surface area contributed by atoms with E-state index in [9.17, 15) is 4.79 Å². The van der Waals surface area contributed by atoms with Gasteiger partial charge in [0.15, 0.2) is 0 Å². The fourth-order valence-corrected chi connectivity index (χ4v) is 3.56. The summed E-state index contributed by atoms with van der Waals surface area (Å²) in [6, 6.07) is 0.0566. The van der Waals surface area contributed by atoms with Gasteiger partial charge in [-0.05, 0) is 27.7 Å². The number of ether oxygens (including phenoxy) is 2. The Morgan fingerprint density at radius 2 is 2.04 bits per heavy atom. The van der Waals surface area contributed by atoms with E-state index in [-0.39, 0.29) is 12.1 Å². The van der Waals surface area contributed by atoms with Gasteiger partial charge < -0.3 is 14.4 Å². The molecule has 0 saturated carbocycles. The molecule has 25 heavy (non-hydrogen) atoms. The number of hydrogen-bond acceptors (Lipinski definition) is 5. The molecule has 1 atom stereocenters. The van der Waals surface area contributed by atoms with E-state index in [0.717, 1.165) is 5.56 Å². The number of aromatic nitrogens is 1. The Morgan fingerprint density at radius 1 is 1.32 bits per heavy atom. The Kier molecular flexibility index (Phi) is 5.06. The second-order valence-electron chi connectivity index (χ2n) is 7.47. The van der Waals surface area contributed by atoms with Crippen molar-refractivity contribution >= 4 is 29.3 Å². The van der Waals surface area contributed by atoms with E-state index in [2.05, 4.69) is 9.88 Å². The van der Waals surface area contributed by atoms with Gasteiger partial charge in [0.25, 0.3) is 0 Å². The van der Waals surface area contributed by atoms with Crippen molar-refractivity contribution < 1.29 is 14.3 Å². The van der Waals surface area contributed by atoms with Gasteiger partial charge in [-0.25, -0.2) is 9.78 Å². The summed E-state index contributed by atoms with van der Waals surface area (Å²) in [6.07, 6.45) is -0.289. The third-order valence-corrected chi connectivity index (χ3v) is 5.10. The van der Waals surface area contributed by atoms with Crippen molar-refractivity contribution in [1.82, 2.24) is 14.8 Å². The number of rotatable bonds is 0. The van der Waals surface area contributed by atoms with Crippen LogP contribution in [0.2, 0.25) is 10.2 Å². The van der Waals surface area contributed by atoms with Crippen LogP contribution in [-0.2, 0) is 11.3 Å². The molecule has 1 unspecified atom stereocenters. The van der Waals surface area contributed by atoms with E-state index in [0.29, 0.717) is 54.4 Å². The molecule has 6 nitrogen and oxygen atoms in total. The number of aryl methyl sites for hydroxylation is 1. The van der Waals surface area contributed by atoms with E-state index >= 15 is 0 Å². The normalized spacial score (nSPS) is 21.0. The van der Waals surface area contributed by atoms with Crippen molar-refractivity contribution in [1.29, 1.82) is 0 Å².